The van der Waals surface area contributed by atoms with Crippen LogP contribution in [0.3, 0.4) is 0 Å². The molecule has 1 N–H and O–H groups in total. The minimum atomic E-state index is -0.642. The summed E-state index contributed by atoms with van der Waals surface area (Å²) in [7, 11) is 3.15. The molecule has 0 aliphatic carbocycles. The van der Waals surface area contributed by atoms with Crippen molar-refractivity contribution in [2.24, 2.45) is 5.92 Å². The quantitative estimate of drug-likeness (QED) is 0.469. The maximum atomic E-state index is 13.3. The van der Waals surface area contributed by atoms with E-state index in [4.69, 9.17) is 32.7 Å². The van der Waals surface area contributed by atoms with E-state index < -0.39 is 6.04 Å². The minimum absolute atomic E-state index is 0.136. The lowest BCUT2D eigenvalue weighted by Crippen LogP contribution is -2.48. The zero-order chi connectivity index (χ0) is 24.5. The van der Waals surface area contributed by atoms with Crippen molar-refractivity contribution in [2.45, 2.75) is 46.2 Å². The first kappa shape index (κ1) is 26.8. The van der Waals surface area contributed by atoms with Crippen LogP contribution in [0, 0.1) is 5.92 Å². The zero-order valence-corrected chi connectivity index (χ0v) is 21.3. The van der Waals surface area contributed by atoms with Crippen LogP contribution in [0.1, 0.15) is 38.3 Å². The number of rotatable bonds is 11. The molecule has 0 bridgehead atoms. The van der Waals surface area contributed by atoms with Gasteiger partial charge in [0.15, 0.2) is 11.5 Å². The lowest BCUT2D eigenvalue weighted by Gasteiger charge is -2.29. The molecule has 0 saturated heterocycles. The van der Waals surface area contributed by atoms with Gasteiger partial charge in [0.25, 0.3) is 0 Å². The highest BCUT2D eigenvalue weighted by Gasteiger charge is 2.26. The number of halogens is 2. The summed E-state index contributed by atoms with van der Waals surface area (Å²) in [6.45, 7) is 6.57. The van der Waals surface area contributed by atoms with Crippen molar-refractivity contribution < 1.29 is 19.1 Å². The van der Waals surface area contributed by atoms with E-state index in [0.29, 0.717) is 40.4 Å². The Labute approximate surface area is 206 Å². The summed E-state index contributed by atoms with van der Waals surface area (Å²) in [4.78, 5) is 27.6. The SMILES string of the molecule is COc1ccc(CCC(=O)N(Cc2ccc(Cl)c(Cl)c2)C(C)C(=O)NCC(C)C)cc1OC. The largest absolute Gasteiger partial charge is 0.493 e. The summed E-state index contributed by atoms with van der Waals surface area (Å²) >= 11 is 12.2. The van der Waals surface area contributed by atoms with Gasteiger partial charge in [-0.15, -0.1) is 0 Å². The third-order valence-corrected chi connectivity index (χ3v) is 6.00. The average molecular weight is 495 g/mol. The molecule has 2 aromatic rings. The molecular weight excluding hydrogens is 463 g/mol. The van der Waals surface area contributed by atoms with Crippen LogP contribution in [-0.4, -0.2) is 43.5 Å². The van der Waals surface area contributed by atoms with Gasteiger partial charge in [-0.2, -0.15) is 0 Å². The summed E-state index contributed by atoms with van der Waals surface area (Å²) in [6.07, 6.45) is 0.732. The number of ether oxygens (including phenoxy) is 2. The topological polar surface area (TPSA) is 67.9 Å². The fourth-order valence-electron chi connectivity index (χ4n) is 3.30. The van der Waals surface area contributed by atoms with E-state index in [1.54, 1.807) is 38.2 Å². The van der Waals surface area contributed by atoms with Gasteiger partial charge < -0.3 is 19.7 Å². The Balaban J connectivity index is 2.19. The van der Waals surface area contributed by atoms with Gasteiger partial charge in [0.05, 0.1) is 24.3 Å². The molecule has 2 rings (SSSR count). The van der Waals surface area contributed by atoms with Crippen molar-refractivity contribution in [1.82, 2.24) is 10.2 Å². The normalized spacial score (nSPS) is 11.8. The molecule has 0 aliphatic rings. The van der Waals surface area contributed by atoms with Gasteiger partial charge in [-0.25, -0.2) is 0 Å². The number of benzene rings is 2. The smallest absolute Gasteiger partial charge is 0.242 e. The Morgan fingerprint density at radius 2 is 1.61 bits per heavy atom. The molecule has 0 aromatic heterocycles. The number of nitrogens with zero attached hydrogens (tertiary/aromatic N) is 1. The molecule has 2 aromatic carbocycles. The average Bonchev–Trinajstić information content (AvgIpc) is 2.80. The van der Waals surface area contributed by atoms with Crippen LogP contribution in [0.4, 0.5) is 0 Å². The number of carbonyl (C=O) groups is 2. The van der Waals surface area contributed by atoms with Crippen molar-refractivity contribution >= 4 is 35.0 Å². The van der Waals surface area contributed by atoms with Crippen LogP contribution in [0.15, 0.2) is 36.4 Å². The van der Waals surface area contributed by atoms with Crippen LogP contribution in [0.2, 0.25) is 10.0 Å². The Morgan fingerprint density at radius 3 is 2.21 bits per heavy atom. The van der Waals surface area contributed by atoms with Gasteiger partial charge in [0.2, 0.25) is 11.8 Å². The first-order valence-electron chi connectivity index (χ1n) is 10.9. The second-order valence-electron chi connectivity index (χ2n) is 8.27. The van der Waals surface area contributed by atoms with Crippen molar-refractivity contribution in [2.75, 3.05) is 20.8 Å². The van der Waals surface area contributed by atoms with Crippen LogP contribution in [0.25, 0.3) is 0 Å². The molecular formula is C25H32Cl2N2O4. The zero-order valence-electron chi connectivity index (χ0n) is 19.8. The van der Waals surface area contributed by atoms with Crippen LogP contribution < -0.4 is 14.8 Å². The van der Waals surface area contributed by atoms with E-state index in [0.717, 1.165) is 11.1 Å². The summed E-state index contributed by atoms with van der Waals surface area (Å²) in [5.74, 6) is 1.22. The highest BCUT2D eigenvalue weighted by molar-refractivity contribution is 6.42. The van der Waals surface area contributed by atoms with Crippen molar-refractivity contribution in [3.63, 3.8) is 0 Å². The molecule has 0 fully saturated rings. The highest BCUT2D eigenvalue weighted by atomic mass is 35.5. The predicted octanol–water partition coefficient (Wildman–Crippen LogP) is 5.13. The monoisotopic (exact) mass is 494 g/mol. The molecule has 0 saturated carbocycles. The maximum absolute atomic E-state index is 13.3. The number of amides is 2. The van der Waals surface area contributed by atoms with E-state index in [2.05, 4.69) is 5.32 Å². The molecule has 1 unspecified atom stereocenters. The molecule has 0 spiro atoms. The van der Waals surface area contributed by atoms with Crippen molar-refractivity contribution in [3.05, 3.63) is 57.6 Å². The van der Waals surface area contributed by atoms with Gasteiger partial charge in [0, 0.05) is 19.5 Å². The number of carbonyl (C=O) groups excluding carboxylic acids is 2. The van der Waals surface area contributed by atoms with Gasteiger partial charge in [0.1, 0.15) is 6.04 Å². The lowest BCUT2D eigenvalue weighted by molar-refractivity contribution is -0.140. The fraction of sp³-hybridized carbons (Fsp3) is 0.440. The number of methoxy groups -OCH3 is 2. The number of aryl methyl sites for hydroxylation is 1. The molecule has 33 heavy (non-hydrogen) atoms. The highest BCUT2D eigenvalue weighted by Crippen LogP contribution is 2.28. The predicted molar refractivity (Wildman–Crippen MR) is 132 cm³/mol. The standard InChI is InChI=1S/C25H32Cl2N2O4/c1-16(2)14-28-25(31)17(3)29(15-19-6-9-20(26)21(27)12-19)24(30)11-8-18-7-10-22(32-4)23(13-18)33-5/h6-7,9-10,12-13,16-17H,8,11,14-15H2,1-5H3,(H,28,31). The minimum Gasteiger partial charge on any atom is -0.493 e. The number of nitrogens with one attached hydrogen (secondary N) is 1. The molecule has 6 nitrogen and oxygen atoms in total. The Morgan fingerprint density at radius 1 is 0.939 bits per heavy atom. The van der Waals surface area contributed by atoms with Gasteiger partial charge in [-0.05, 0) is 54.7 Å². The number of hydrogen-bond acceptors (Lipinski definition) is 4. The molecule has 0 heterocycles. The van der Waals surface area contributed by atoms with Crippen LogP contribution in [-0.2, 0) is 22.6 Å². The molecule has 180 valence electrons. The Bertz CT molecular complexity index is 965. The third kappa shape index (κ3) is 7.83. The third-order valence-electron chi connectivity index (χ3n) is 5.26. The first-order valence-corrected chi connectivity index (χ1v) is 11.6. The molecule has 0 radical (unpaired) electrons. The van der Waals surface area contributed by atoms with Crippen molar-refractivity contribution in [3.8, 4) is 11.5 Å². The summed E-state index contributed by atoms with van der Waals surface area (Å²) < 4.78 is 10.6. The van der Waals surface area contributed by atoms with E-state index in [9.17, 15) is 9.59 Å². The Kier molecular flexibility index (Phi) is 10.3. The summed E-state index contributed by atoms with van der Waals surface area (Å²) in [5, 5.41) is 3.76. The molecule has 2 amide bonds. The van der Waals surface area contributed by atoms with Crippen LogP contribution >= 0.6 is 23.2 Å². The van der Waals surface area contributed by atoms with Crippen molar-refractivity contribution in [1.29, 1.82) is 0 Å². The van der Waals surface area contributed by atoms with Gasteiger partial charge in [-0.1, -0.05) is 49.2 Å². The fourth-order valence-corrected chi connectivity index (χ4v) is 3.62. The van der Waals surface area contributed by atoms with Gasteiger partial charge >= 0.3 is 0 Å². The molecule has 1 atom stereocenters. The van der Waals surface area contributed by atoms with Crippen LogP contribution in [0.5, 0.6) is 11.5 Å². The lowest BCUT2D eigenvalue weighted by atomic mass is 10.1. The number of hydrogen-bond donors (Lipinski definition) is 1. The summed E-state index contributed by atoms with van der Waals surface area (Å²) in [5.41, 5.74) is 1.74. The van der Waals surface area contributed by atoms with E-state index >= 15 is 0 Å². The Hall–Kier alpha value is -2.44. The van der Waals surface area contributed by atoms with E-state index in [1.165, 1.54) is 0 Å². The van der Waals surface area contributed by atoms with E-state index in [1.807, 2.05) is 38.1 Å². The first-order chi connectivity index (χ1) is 15.7. The van der Waals surface area contributed by atoms with E-state index in [-0.39, 0.29) is 24.8 Å². The summed E-state index contributed by atoms with van der Waals surface area (Å²) in [6, 6.07) is 10.1. The van der Waals surface area contributed by atoms with Gasteiger partial charge in [-0.3, -0.25) is 9.59 Å². The second kappa shape index (κ2) is 12.7. The second-order valence-corrected chi connectivity index (χ2v) is 9.09. The molecule has 8 heteroatoms. The maximum Gasteiger partial charge on any atom is 0.242 e. The molecule has 0 aliphatic heterocycles.